The van der Waals surface area contributed by atoms with Crippen LogP contribution < -0.4 is 0 Å². The zero-order valence-corrected chi connectivity index (χ0v) is 13.5. The number of aromatic nitrogens is 3. The smallest absolute Gasteiger partial charge is 0.151 e. The number of nitrogens with zero attached hydrogens (tertiary/aromatic N) is 3. The number of aliphatic hydroxyl groups is 1. The van der Waals surface area contributed by atoms with Gasteiger partial charge in [-0.05, 0) is 17.7 Å². The van der Waals surface area contributed by atoms with Crippen molar-refractivity contribution in [1.29, 1.82) is 0 Å². The summed E-state index contributed by atoms with van der Waals surface area (Å²) in [6, 6.07) is 10.4. The van der Waals surface area contributed by atoms with Crippen LogP contribution in [0, 0.1) is 0 Å². The van der Waals surface area contributed by atoms with E-state index in [0.29, 0.717) is 12.5 Å². The molecule has 1 N–H and O–H groups in total. The average Bonchev–Trinajstić information content (AvgIpc) is 2.88. The van der Waals surface area contributed by atoms with Crippen molar-refractivity contribution in [3.8, 4) is 0 Å². The van der Waals surface area contributed by atoms with E-state index in [-0.39, 0.29) is 6.61 Å². The third-order valence-electron chi connectivity index (χ3n) is 3.49. The molecule has 5 heteroatoms. The molecule has 0 aliphatic carbocycles. The average molecular weight is 305 g/mol. The standard InChI is InChI=1S/C16H23N3OS/c1-13(14-6-4-3-5-7-14)12-16-17-15(8-11-21-2)18-19(16)9-10-20/h3-7,13,20H,8-12H2,1-2H3. The quantitative estimate of drug-likeness (QED) is 0.814. The first-order valence-electron chi connectivity index (χ1n) is 7.32. The summed E-state index contributed by atoms with van der Waals surface area (Å²) in [5.41, 5.74) is 1.31. The Kier molecular flexibility index (Phi) is 6.26. The van der Waals surface area contributed by atoms with E-state index in [1.54, 1.807) is 11.8 Å². The molecule has 114 valence electrons. The number of aliphatic hydroxyl groups excluding tert-OH is 1. The van der Waals surface area contributed by atoms with Gasteiger partial charge in [0, 0.05) is 18.6 Å². The van der Waals surface area contributed by atoms with Crippen molar-refractivity contribution < 1.29 is 5.11 Å². The second-order valence-corrected chi connectivity index (χ2v) is 6.14. The van der Waals surface area contributed by atoms with Gasteiger partial charge in [-0.25, -0.2) is 9.67 Å². The number of rotatable bonds is 8. The zero-order chi connectivity index (χ0) is 15.1. The van der Waals surface area contributed by atoms with Crippen molar-refractivity contribution >= 4 is 11.8 Å². The van der Waals surface area contributed by atoms with Crippen LogP contribution in [0.4, 0.5) is 0 Å². The molecule has 0 aliphatic rings. The van der Waals surface area contributed by atoms with Crippen molar-refractivity contribution in [2.75, 3.05) is 18.6 Å². The Bertz CT molecular complexity index is 542. The van der Waals surface area contributed by atoms with Crippen molar-refractivity contribution in [2.24, 2.45) is 0 Å². The number of aryl methyl sites for hydroxylation is 1. The molecule has 0 aliphatic heterocycles. The normalized spacial score (nSPS) is 12.5. The zero-order valence-electron chi connectivity index (χ0n) is 12.7. The molecule has 4 nitrogen and oxygen atoms in total. The van der Waals surface area contributed by atoms with Crippen LogP contribution in [0.1, 0.15) is 30.1 Å². The van der Waals surface area contributed by atoms with Crippen LogP contribution in [0.2, 0.25) is 0 Å². The second-order valence-electron chi connectivity index (χ2n) is 5.15. The van der Waals surface area contributed by atoms with Gasteiger partial charge in [0.2, 0.25) is 0 Å². The molecule has 1 unspecified atom stereocenters. The highest BCUT2D eigenvalue weighted by molar-refractivity contribution is 7.98. The molecule has 0 amide bonds. The lowest BCUT2D eigenvalue weighted by Crippen LogP contribution is -2.11. The third kappa shape index (κ3) is 4.58. The number of hydrogen-bond acceptors (Lipinski definition) is 4. The minimum Gasteiger partial charge on any atom is -0.394 e. The first-order chi connectivity index (χ1) is 10.2. The SMILES string of the molecule is CSCCc1nc(CC(C)c2ccccc2)n(CCO)n1. The van der Waals surface area contributed by atoms with Crippen molar-refractivity contribution in [3.63, 3.8) is 0 Å². The molecule has 0 saturated heterocycles. The molecular formula is C16H23N3OS. The summed E-state index contributed by atoms with van der Waals surface area (Å²) in [6.45, 7) is 2.82. The van der Waals surface area contributed by atoms with Crippen molar-refractivity contribution in [1.82, 2.24) is 14.8 Å². The molecule has 0 saturated carbocycles. The first-order valence-corrected chi connectivity index (χ1v) is 8.71. The fraction of sp³-hybridized carbons (Fsp3) is 0.500. The molecule has 21 heavy (non-hydrogen) atoms. The molecule has 2 rings (SSSR count). The Balaban J connectivity index is 2.11. The molecule has 1 aromatic heterocycles. The van der Waals surface area contributed by atoms with E-state index in [9.17, 15) is 5.11 Å². The van der Waals surface area contributed by atoms with Gasteiger partial charge >= 0.3 is 0 Å². The van der Waals surface area contributed by atoms with Crippen molar-refractivity contribution in [3.05, 3.63) is 47.5 Å². The van der Waals surface area contributed by atoms with Gasteiger partial charge < -0.3 is 5.11 Å². The Morgan fingerprint density at radius 3 is 2.71 bits per heavy atom. The van der Waals surface area contributed by atoms with Gasteiger partial charge in [-0.2, -0.15) is 16.9 Å². The molecule has 0 bridgehead atoms. The highest BCUT2D eigenvalue weighted by Crippen LogP contribution is 2.19. The van der Waals surface area contributed by atoms with Gasteiger partial charge in [0.1, 0.15) is 5.82 Å². The van der Waals surface area contributed by atoms with Crippen LogP contribution >= 0.6 is 11.8 Å². The van der Waals surface area contributed by atoms with Crippen LogP contribution in [0.25, 0.3) is 0 Å². The predicted octanol–water partition coefficient (Wildman–Crippen LogP) is 2.52. The summed E-state index contributed by atoms with van der Waals surface area (Å²) in [6.07, 6.45) is 3.81. The first kappa shape index (κ1) is 16.0. The van der Waals surface area contributed by atoms with E-state index in [2.05, 4.69) is 47.5 Å². The Morgan fingerprint density at radius 1 is 1.29 bits per heavy atom. The lowest BCUT2D eigenvalue weighted by atomic mass is 9.97. The van der Waals surface area contributed by atoms with Crippen LogP contribution in [-0.4, -0.2) is 38.5 Å². The highest BCUT2D eigenvalue weighted by Gasteiger charge is 2.14. The Hall–Kier alpha value is -1.33. The van der Waals surface area contributed by atoms with Gasteiger partial charge in [0.15, 0.2) is 5.82 Å². The molecule has 0 radical (unpaired) electrons. The summed E-state index contributed by atoms with van der Waals surface area (Å²) in [5.74, 6) is 3.27. The molecule has 0 fully saturated rings. The number of thioether (sulfide) groups is 1. The van der Waals surface area contributed by atoms with E-state index in [1.165, 1.54) is 5.56 Å². The molecule has 1 heterocycles. The van der Waals surface area contributed by atoms with E-state index in [0.717, 1.165) is 30.2 Å². The van der Waals surface area contributed by atoms with E-state index < -0.39 is 0 Å². The monoisotopic (exact) mass is 305 g/mol. The fourth-order valence-corrected chi connectivity index (χ4v) is 2.71. The summed E-state index contributed by atoms with van der Waals surface area (Å²) in [4.78, 5) is 4.66. The Labute approximate surface area is 130 Å². The predicted molar refractivity (Wildman–Crippen MR) is 87.8 cm³/mol. The van der Waals surface area contributed by atoms with Gasteiger partial charge in [-0.3, -0.25) is 0 Å². The Morgan fingerprint density at radius 2 is 2.05 bits per heavy atom. The molecule has 2 aromatic rings. The lowest BCUT2D eigenvalue weighted by Gasteiger charge is -2.11. The summed E-state index contributed by atoms with van der Waals surface area (Å²) in [7, 11) is 0. The summed E-state index contributed by atoms with van der Waals surface area (Å²) in [5, 5.41) is 13.7. The molecule has 0 spiro atoms. The van der Waals surface area contributed by atoms with E-state index >= 15 is 0 Å². The maximum absolute atomic E-state index is 9.19. The highest BCUT2D eigenvalue weighted by atomic mass is 32.2. The number of hydrogen-bond donors (Lipinski definition) is 1. The van der Waals surface area contributed by atoms with Gasteiger partial charge in [0.25, 0.3) is 0 Å². The topological polar surface area (TPSA) is 50.9 Å². The van der Waals surface area contributed by atoms with Gasteiger partial charge in [-0.15, -0.1) is 0 Å². The largest absolute Gasteiger partial charge is 0.394 e. The van der Waals surface area contributed by atoms with Gasteiger partial charge in [-0.1, -0.05) is 37.3 Å². The molecular weight excluding hydrogens is 282 g/mol. The molecule has 1 aromatic carbocycles. The van der Waals surface area contributed by atoms with Crippen LogP contribution in [0.5, 0.6) is 0 Å². The van der Waals surface area contributed by atoms with Crippen LogP contribution in [0.3, 0.4) is 0 Å². The van der Waals surface area contributed by atoms with Crippen LogP contribution in [-0.2, 0) is 19.4 Å². The third-order valence-corrected chi connectivity index (χ3v) is 4.10. The second kappa shape index (κ2) is 8.20. The summed E-state index contributed by atoms with van der Waals surface area (Å²) < 4.78 is 1.86. The number of benzene rings is 1. The van der Waals surface area contributed by atoms with E-state index in [4.69, 9.17) is 0 Å². The lowest BCUT2D eigenvalue weighted by molar-refractivity contribution is 0.266. The minimum atomic E-state index is 0.0953. The van der Waals surface area contributed by atoms with E-state index in [1.807, 2.05) is 10.7 Å². The maximum atomic E-state index is 9.19. The summed E-state index contributed by atoms with van der Waals surface area (Å²) >= 11 is 1.80. The van der Waals surface area contributed by atoms with Crippen molar-refractivity contribution in [2.45, 2.75) is 32.2 Å². The maximum Gasteiger partial charge on any atom is 0.151 e. The fourth-order valence-electron chi connectivity index (χ4n) is 2.32. The molecule has 1 atom stereocenters. The van der Waals surface area contributed by atoms with Gasteiger partial charge in [0.05, 0.1) is 13.2 Å². The minimum absolute atomic E-state index is 0.0953. The van der Waals surface area contributed by atoms with Crippen LogP contribution in [0.15, 0.2) is 30.3 Å².